The van der Waals surface area contributed by atoms with Crippen LogP contribution in [0, 0.1) is 0 Å². The standard InChI is InChI=1S/C19H19F2N5O4S/c1-9(27)29-15-12(20)14(16(21)31-11-5-3-10(28-2)4-6-11)30-19(15)26-8-25-13-17(22)23-7-24-18(13)26/h3-8,12,14-16,19H,1-2H3,(H2,22,23,24)/t12-,14+,15-,16+,19-/m1/s1. The molecule has 31 heavy (non-hydrogen) atoms. The highest BCUT2D eigenvalue weighted by Crippen LogP contribution is 2.41. The summed E-state index contributed by atoms with van der Waals surface area (Å²) in [5.41, 5.74) is 4.54. The summed E-state index contributed by atoms with van der Waals surface area (Å²) in [5.74, 6) is 0.0136. The van der Waals surface area contributed by atoms with Crippen molar-refractivity contribution < 1.29 is 27.8 Å². The number of esters is 1. The van der Waals surface area contributed by atoms with Gasteiger partial charge < -0.3 is 19.9 Å². The van der Waals surface area contributed by atoms with E-state index in [1.807, 2.05) is 0 Å². The molecule has 0 saturated carbocycles. The minimum Gasteiger partial charge on any atom is -0.497 e. The summed E-state index contributed by atoms with van der Waals surface area (Å²) in [6, 6.07) is 6.65. The topological polar surface area (TPSA) is 114 Å². The molecule has 1 aromatic carbocycles. The van der Waals surface area contributed by atoms with Crippen LogP contribution in [0.25, 0.3) is 11.2 Å². The third kappa shape index (κ3) is 4.12. The fraction of sp³-hybridized carbons (Fsp3) is 0.368. The van der Waals surface area contributed by atoms with Gasteiger partial charge in [-0.2, -0.15) is 0 Å². The lowest BCUT2D eigenvalue weighted by molar-refractivity contribution is -0.154. The first kappa shape index (κ1) is 21.2. The van der Waals surface area contributed by atoms with Gasteiger partial charge in [0.05, 0.1) is 13.4 Å². The summed E-state index contributed by atoms with van der Waals surface area (Å²) in [4.78, 5) is 24.2. The van der Waals surface area contributed by atoms with Crippen LogP contribution in [0.4, 0.5) is 14.6 Å². The van der Waals surface area contributed by atoms with Crippen molar-refractivity contribution in [1.82, 2.24) is 19.5 Å². The molecule has 0 amide bonds. The number of fused-ring (bicyclic) bond motifs is 1. The number of thioether (sulfide) groups is 1. The van der Waals surface area contributed by atoms with Crippen molar-refractivity contribution in [2.24, 2.45) is 0 Å². The molecule has 9 nitrogen and oxygen atoms in total. The number of carbonyl (C=O) groups is 1. The van der Waals surface area contributed by atoms with Crippen molar-refractivity contribution in [2.75, 3.05) is 12.8 Å². The Morgan fingerprint density at radius 3 is 2.71 bits per heavy atom. The van der Waals surface area contributed by atoms with Gasteiger partial charge in [-0.25, -0.2) is 23.7 Å². The van der Waals surface area contributed by atoms with Crippen LogP contribution in [0.1, 0.15) is 13.2 Å². The lowest BCUT2D eigenvalue weighted by Crippen LogP contribution is -2.35. The van der Waals surface area contributed by atoms with E-state index in [1.165, 1.54) is 24.3 Å². The summed E-state index contributed by atoms with van der Waals surface area (Å²) in [7, 11) is 1.52. The number of nitrogens with zero attached hydrogens (tertiary/aromatic N) is 4. The van der Waals surface area contributed by atoms with Crippen LogP contribution in [0.2, 0.25) is 0 Å². The molecule has 0 unspecified atom stereocenters. The van der Waals surface area contributed by atoms with Crippen LogP contribution in [0.15, 0.2) is 41.8 Å². The smallest absolute Gasteiger partial charge is 0.303 e. The number of nitrogens with two attached hydrogens (primary N) is 1. The van der Waals surface area contributed by atoms with Crippen molar-refractivity contribution >= 4 is 34.7 Å². The van der Waals surface area contributed by atoms with Crippen LogP contribution in [0.5, 0.6) is 5.75 Å². The van der Waals surface area contributed by atoms with E-state index in [2.05, 4.69) is 15.0 Å². The van der Waals surface area contributed by atoms with Gasteiger partial charge in [0.1, 0.15) is 23.7 Å². The molecule has 4 rings (SSSR count). The Balaban J connectivity index is 1.61. The van der Waals surface area contributed by atoms with Crippen LogP contribution >= 0.6 is 11.8 Å². The van der Waals surface area contributed by atoms with Gasteiger partial charge in [0.2, 0.25) is 0 Å². The van der Waals surface area contributed by atoms with Gasteiger partial charge in [0.25, 0.3) is 0 Å². The summed E-state index contributed by atoms with van der Waals surface area (Å²) >= 11 is 0.792. The molecular weight excluding hydrogens is 432 g/mol. The number of imidazole rings is 1. The zero-order valence-electron chi connectivity index (χ0n) is 16.5. The second-order valence-corrected chi connectivity index (χ2v) is 7.89. The molecule has 1 aliphatic rings. The van der Waals surface area contributed by atoms with Crippen LogP contribution in [-0.2, 0) is 14.3 Å². The maximum Gasteiger partial charge on any atom is 0.303 e. The number of benzene rings is 1. The first-order valence-electron chi connectivity index (χ1n) is 9.23. The van der Waals surface area contributed by atoms with Crippen molar-refractivity contribution in [3.63, 3.8) is 0 Å². The summed E-state index contributed by atoms with van der Waals surface area (Å²) < 4.78 is 47.6. The number of anilines is 1. The van der Waals surface area contributed by atoms with Crippen molar-refractivity contribution in [1.29, 1.82) is 0 Å². The third-order valence-electron chi connectivity index (χ3n) is 4.73. The second kappa shape index (κ2) is 8.63. The molecule has 3 heterocycles. The van der Waals surface area contributed by atoms with E-state index in [-0.39, 0.29) is 17.0 Å². The lowest BCUT2D eigenvalue weighted by Gasteiger charge is -2.20. The Morgan fingerprint density at radius 1 is 1.29 bits per heavy atom. The molecule has 164 valence electrons. The van der Waals surface area contributed by atoms with Crippen molar-refractivity contribution in [2.45, 2.75) is 41.9 Å². The molecule has 0 aliphatic carbocycles. The second-order valence-electron chi connectivity index (χ2n) is 6.74. The molecular formula is C19H19F2N5O4S. The molecule has 0 spiro atoms. The van der Waals surface area contributed by atoms with Gasteiger partial charge in [-0.1, -0.05) is 11.8 Å². The Morgan fingerprint density at radius 2 is 2.03 bits per heavy atom. The third-order valence-corrected chi connectivity index (χ3v) is 5.77. The number of halogens is 2. The monoisotopic (exact) mass is 451 g/mol. The number of nitrogen functional groups attached to an aromatic ring is 1. The molecule has 1 fully saturated rings. The van der Waals surface area contributed by atoms with E-state index < -0.39 is 36.1 Å². The molecule has 2 aromatic heterocycles. The molecule has 12 heteroatoms. The van der Waals surface area contributed by atoms with Gasteiger partial charge in [-0.3, -0.25) is 9.36 Å². The molecule has 3 aromatic rings. The Labute approximate surface area is 179 Å². The number of methoxy groups -OCH3 is 1. The quantitative estimate of drug-likeness (QED) is 0.446. The molecule has 2 N–H and O–H groups in total. The van der Waals surface area contributed by atoms with E-state index in [1.54, 1.807) is 24.3 Å². The minimum atomic E-state index is -1.92. The average Bonchev–Trinajstić information content (AvgIpc) is 3.31. The fourth-order valence-corrected chi connectivity index (χ4v) is 4.21. The van der Waals surface area contributed by atoms with Gasteiger partial charge in [0.15, 0.2) is 35.5 Å². The number of alkyl halides is 2. The molecule has 1 saturated heterocycles. The van der Waals surface area contributed by atoms with Crippen molar-refractivity contribution in [3.05, 3.63) is 36.9 Å². The number of carbonyl (C=O) groups excluding carboxylic acids is 1. The highest BCUT2D eigenvalue weighted by Gasteiger charge is 2.52. The maximum absolute atomic E-state index is 15.2. The van der Waals surface area contributed by atoms with E-state index in [9.17, 15) is 4.79 Å². The number of hydrogen-bond acceptors (Lipinski definition) is 9. The summed E-state index contributed by atoms with van der Waals surface area (Å²) in [6.45, 7) is 1.14. The first-order valence-corrected chi connectivity index (χ1v) is 10.1. The Kier molecular flexibility index (Phi) is 5.92. The predicted molar refractivity (Wildman–Crippen MR) is 108 cm³/mol. The molecule has 0 radical (unpaired) electrons. The highest BCUT2D eigenvalue weighted by atomic mass is 32.2. The Bertz CT molecular complexity index is 1080. The minimum absolute atomic E-state index is 0.123. The van der Waals surface area contributed by atoms with E-state index in [0.29, 0.717) is 10.6 Å². The lowest BCUT2D eigenvalue weighted by atomic mass is 10.1. The molecule has 0 bridgehead atoms. The van der Waals surface area contributed by atoms with Crippen LogP contribution in [-0.4, -0.2) is 56.5 Å². The van der Waals surface area contributed by atoms with Crippen molar-refractivity contribution in [3.8, 4) is 5.75 Å². The summed E-state index contributed by atoms with van der Waals surface area (Å²) in [5, 5.41) is 0. The zero-order valence-corrected chi connectivity index (χ0v) is 17.3. The SMILES string of the molecule is COc1ccc(S[C@H](F)[C@H]2O[C@@H](n3cnc4c(N)ncnc43)[C@H](OC(C)=O)[C@@H]2F)cc1. The van der Waals surface area contributed by atoms with Gasteiger partial charge in [-0.05, 0) is 24.3 Å². The first-order chi connectivity index (χ1) is 14.9. The van der Waals surface area contributed by atoms with Gasteiger partial charge in [0, 0.05) is 11.8 Å². The van der Waals surface area contributed by atoms with E-state index in [0.717, 1.165) is 18.7 Å². The Hall–Kier alpha value is -2.99. The molecule has 5 atom stereocenters. The van der Waals surface area contributed by atoms with E-state index in [4.69, 9.17) is 19.9 Å². The van der Waals surface area contributed by atoms with Crippen LogP contribution < -0.4 is 10.5 Å². The summed E-state index contributed by atoms with van der Waals surface area (Å²) in [6.07, 6.45) is -3.48. The van der Waals surface area contributed by atoms with Crippen LogP contribution in [0.3, 0.4) is 0 Å². The number of hydrogen-bond donors (Lipinski definition) is 1. The maximum atomic E-state index is 15.2. The van der Waals surface area contributed by atoms with Gasteiger partial charge in [-0.15, -0.1) is 0 Å². The predicted octanol–water partition coefficient (Wildman–Crippen LogP) is 2.67. The van der Waals surface area contributed by atoms with E-state index >= 15 is 8.78 Å². The number of rotatable bonds is 6. The number of aromatic nitrogens is 4. The zero-order chi connectivity index (χ0) is 22.1. The normalized spacial score (nSPS) is 24.3. The largest absolute Gasteiger partial charge is 0.497 e. The average molecular weight is 451 g/mol. The van der Waals surface area contributed by atoms with Gasteiger partial charge >= 0.3 is 5.97 Å². The molecule has 1 aliphatic heterocycles. The number of ether oxygens (including phenoxy) is 3. The fourth-order valence-electron chi connectivity index (χ4n) is 3.31. The highest BCUT2D eigenvalue weighted by molar-refractivity contribution is 7.99.